The van der Waals surface area contributed by atoms with Gasteiger partial charge in [-0.1, -0.05) is 12.1 Å². The lowest BCUT2D eigenvalue weighted by Crippen LogP contribution is -2.05. The van der Waals surface area contributed by atoms with E-state index in [0.717, 1.165) is 18.3 Å². The average Bonchev–Trinajstić information content (AvgIpc) is 2.28. The third kappa shape index (κ3) is 2.55. The zero-order valence-corrected chi connectivity index (χ0v) is 8.57. The number of alkyl halides is 3. The van der Waals surface area contributed by atoms with Gasteiger partial charge in [0.2, 0.25) is 0 Å². The van der Waals surface area contributed by atoms with Gasteiger partial charge in [0, 0.05) is 11.8 Å². The summed E-state index contributed by atoms with van der Waals surface area (Å²) in [6.07, 6.45) is -3.29. The van der Waals surface area contributed by atoms with Crippen LogP contribution in [0.15, 0.2) is 42.6 Å². The number of aromatic nitrogens is 1. The molecule has 88 valence electrons. The third-order valence-corrected chi connectivity index (χ3v) is 2.23. The standard InChI is InChI=1S/C12H8F3NO/c13-12(14,15)9-4-5-16-11(7-9)8-2-1-3-10(17)6-8/h1-7,17H. The van der Waals surface area contributed by atoms with Crippen LogP contribution in [0, 0.1) is 0 Å². The molecule has 0 saturated carbocycles. The molecule has 0 saturated heterocycles. The zero-order valence-electron chi connectivity index (χ0n) is 8.57. The largest absolute Gasteiger partial charge is 0.508 e. The lowest BCUT2D eigenvalue weighted by molar-refractivity contribution is -0.137. The van der Waals surface area contributed by atoms with Crippen molar-refractivity contribution >= 4 is 0 Å². The first-order chi connectivity index (χ1) is 7.97. The zero-order chi connectivity index (χ0) is 12.5. The summed E-state index contributed by atoms with van der Waals surface area (Å²) in [4.78, 5) is 3.85. The Morgan fingerprint density at radius 2 is 1.82 bits per heavy atom. The Balaban J connectivity index is 2.47. The highest BCUT2D eigenvalue weighted by Crippen LogP contribution is 2.31. The number of pyridine rings is 1. The summed E-state index contributed by atoms with van der Waals surface area (Å²) in [5.74, 6) is -0.0123. The molecule has 1 aromatic carbocycles. The van der Waals surface area contributed by atoms with Gasteiger partial charge in [-0.15, -0.1) is 0 Å². The summed E-state index contributed by atoms with van der Waals surface area (Å²) in [6, 6.07) is 7.80. The Kier molecular flexibility index (Phi) is 2.75. The molecule has 1 heterocycles. The van der Waals surface area contributed by atoms with Gasteiger partial charge in [-0.25, -0.2) is 0 Å². The van der Waals surface area contributed by atoms with E-state index in [2.05, 4.69) is 4.98 Å². The molecule has 1 N–H and O–H groups in total. The Bertz CT molecular complexity index is 537. The second kappa shape index (κ2) is 4.08. The minimum absolute atomic E-state index is 0.0123. The van der Waals surface area contributed by atoms with Crippen molar-refractivity contribution in [2.24, 2.45) is 0 Å². The molecule has 0 bridgehead atoms. The van der Waals surface area contributed by atoms with Gasteiger partial charge in [0.1, 0.15) is 5.75 Å². The van der Waals surface area contributed by atoms with E-state index in [0.29, 0.717) is 5.56 Å². The van der Waals surface area contributed by atoms with Crippen molar-refractivity contribution in [3.8, 4) is 17.0 Å². The highest BCUT2D eigenvalue weighted by Gasteiger charge is 2.30. The summed E-state index contributed by atoms with van der Waals surface area (Å²) in [6.45, 7) is 0. The van der Waals surface area contributed by atoms with Crippen LogP contribution in [0.4, 0.5) is 13.2 Å². The van der Waals surface area contributed by atoms with Crippen LogP contribution in [-0.4, -0.2) is 10.1 Å². The number of hydrogen-bond donors (Lipinski definition) is 1. The molecule has 2 aromatic rings. The van der Waals surface area contributed by atoms with Crippen LogP contribution in [0.3, 0.4) is 0 Å². The topological polar surface area (TPSA) is 33.1 Å². The first kappa shape index (κ1) is 11.4. The summed E-state index contributed by atoms with van der Waals surface area (Å²) < 4.78 is 37.5. The van der Waals surface area contributed by atoms with E-state index in [1.165, 1.54) is 12.1 Å². The Morgan fingerprint density at radius 1 is 1.06 bits per heavy atom. The molecule has 0 aliphatic rings. The molecule has 0 amide bonds. The van der Waals surface area contributed by atoms with Crippen molar-refractivity contribution < 1.29 is 18.3 Å². The van der Waals surface area contributed by atoms with Gasteiger partial charge >= 0.3 is 6.18 Å². The normalized spacial score (nSPS) is 11.5. The fraction of sp³-hybridized carbons (Fsp3) is 0.0833. The fourth-order valence-electron chi connectivity index (χ4n) is 1.43. The van der Waals surface area contributed by atoms with Crippen LogP contribution in [0.25, 0.3) is 11.3 Å². The minimum atomic E-state index is -4.39. The van der Waals surface area contributed by atoms with Crippen molar-refractivity contribution in [1.29, 1.82) is 0 Å². The number of phenols is 1. The molecule has 5 heteroatoms. The Labute approximate surface area is 95.4 Å². The van der Waals surface area contributed by atoms with E-state index in [1.807, 2.05) is 0 Å². The van der Waals surface area contributed by atoms with Crippen LogP contribution in [0.2, 0.25) is 0 Å². The van der Waals surface area contributed by atoms with E-state index >= 15 is 0 Å². The first-order valence-corrected chi connectivity index (χ1v) is 4.79. The van der Waals surface area contributed by atoms with Crippen LogP contribution in [-0.2, 0) is 6.18 Å². The monoisotopic (exact) mass is 239 g/mol. The van der Waals surface area contributed by atoms with Crippen molar-refractivity contribution in [2.75, 3.05) is 0 Å². The van der Waals surface area contributed by atoms with Crippen molar-refractivity contribution in [1.82, 2.24) is 4.98 Å². The molecule has 2 rings (SSSR count). The number of halogens is 3. The van der Waals surface area contributed by atoms with Gasteiger partial charge in [-0.05, 0) is 24.3 Å². The molecule has 2 nitrogen and oxygen atoms in total. The molecule has 0 aliphatic heterocycles. The van der Waals surface area contributed by atoms with Crippen LogP contribution >= 0.6 is 0 Å². The molecular formula is C12H8F3NO. The number of phenolic OH excluding ortho intramolecular Hbond substituents is 1. The van der Waals surface area contributed by atoms with Gasteiger partial charge in [0.25, 0.3) is 0 Å². The minimum Gasteiger partial charge on any atom is -0.508 e. The van der Waals surface area contributed by atoms with E-state index in [-0.39, 0.29) is 11.4 Å². The second-order valence-electron chi connectivity index (χ2n) is 3.48. The number of benzene rings is 1. The number of aromatic hydroxyl groups is 1. The van der Waals surface area contributed by atoms with E-state index in [1.54, 1.807) is 12.1 Å². The van der Waals surface area contributed by atoms with Crippen molar-refractivity contribution in [2.45, 2.75) is 6.18 Å². The maximum Gasteiger partial charge on any atom is 0.416 e. The van der Waals surface area contributed by atoms with Gasteiger partial charge in [0.15, 0.2) is 0 Å². The molecule has 0 spiro atoms. The van der Waals surface area contributed by atoms with E-state index in [9.17, 15) is 18.3 Å². The highest BCUT2D eigenvalue weighted by molar-refractivity contribution is 5.61. The molecule has 17 heavy (non-hydrogen) atoms. The van der Waals surface area contributed by atoms with E-state index < -0.39 is 11.7 Å². The van der Waals surface area contributed by atoms with Gasteiger partial charge in [-0.3, -0.25) is 4.98 Å². The SMILES string of the molecule is Oc1cccc(-c2cc(C(F)(F)F)ccn2)c1. The Hall–Kier alpha value is -2.04. The summed E-state index contributed by atoms with van der Waals surface area (Å²) in [5.41, 5.74) is -0.141. The number of rotatable bonds is 1. The molecule has 0 atom stereocenters. The lowest BCUT2D eigenvalue weighted by atomic mass is 10.1. The summed E-state index contributed by atoms with van der Waals surface area (Å²) >= 11 is 0. The van der Waals surface area contributed by atoms with Crippen LogP contribution in [0.5, 0.6) is 5.75 Å². The number of hydrogen-bond acceptors (Lipinski definition) is 2. The molecule has 0 unspecified atom stereocenters. The smallest absolute Gasteiger partial charge is 0.416 e. The highest BCUT2D eigenvalue weighted by atomic mass is 19.4. The Morgan fingerprint density at radius 3 is 2.47 bits per heavy atom. The molecule has 0 radical (unpaired) electrons. The van der Waals surface area contributed by atoms with Crippen molar-refractivity contribution in [3.63, 3.8) is 0 Å². The average molecular weight is 239 g/mol. The molecule has 0 aliphatic carbocycles. The van der Waals surface area contributed by atoms with Gasteiger partial charge < -0.3 is 5.11 Å². The summed E-state index contributed by atoms with van der Waals surface area (Å²) in [5, 5.41) is 9.25. The first-order valence-electron chi connectivity index (χ1n) is 4.79. The predicted octanol–water partition coefficient (Wildman–Crippen LogP) is 3.47. The maximum absolute atomic E-state index is 12.5. The quantitative estimate of drug-likeness (QED) is 0.826. The molecule has 1 aromatic heterocycles. The second-order valence-corrected chi connectivity index (χ2v) is 3.48. The lowest BCUT2D eigenvalue weighted by Gasteiger charge is -2.08. The predicted molar refractivity (Wildman–Crippen MR) is 56.3 cm³/mol. The maximum atomic E-state index is 12.5. The van der Waals surface area contributed by atoms with Crippen molar-refractivity contribution in [3.05, 3.63) is 48.2 Å². The van der Waals surface area contributed by atoms with E-state index in [4.69, 9.17) is 0 Å². The number of nitrogens with zero attached hydrogens (tertiary/aromatic N) is 1. The van der Waals surface area contributed by atoms with Gasteiger partial charge in [-0.2, -0.15) is 13.2 Å². The molecular weight excluding hydrogens is 231 g/mol. The van der Waals surface area contributed by atoms with Crippen LogP contribution < -0.4 is 0 Å². The summed E-state index contributed by atoms with van der Waals surface area (Å²) in [7, 11) is 0. The van der Waals surface area contributed by atoms with Gasteiger partial charge in [0.05, 0.1) is 11.3 Å². The fourth-order valence-corrected chi connectivity index (χ4v) is 1.43. The van der Waals surface area contributed by atoms with Crippen LogP contribution in [0.1, 0.15) is 5.56 Å². The molecule has 0 fully saturated rings. The third-order valence-electron chi connectivity index (χ3n) is 2.23.